The summed E-state index contributed by atoms with van der Waals surface area (Å²) in [6.07, 6.45) is 1.06. The maximum atomic E-state index is 11.6. The van der Waals surface area contributed by atoms with Crippen LogP contribution in [0.5, 0.6) is 0 Å². The average molecular weight is 376 g/mol. The molecule has 5 heteroatoms. The first-order valence-corrected chi connectivity index (χ1v) is 7.49. The highest BCUT2D eigenvalue weighted by Crippen LogP contribution is 2.16. The Hall–Kier alpha value is -0.820. The maximum Gasteiger partial charge on any atom is 0.319 e. The van der Waals surface area contributed by atoms with Crippen molar-refractivity contribution in [2.24, 2.45) is 0 Å². The van der Waals surface area contributed by atoms with Crippen LogP contribution in [0.1, 0.15) is 25.8 Å². The molecule has 2 N–H and O–H groups in total. The molecule has 4 nitrogen and oxygen atoms in total. The van der Waals surface area contributed by atoms with E-state index in [0.717, 1.165) is 15.7 Å². The van der Waals surface area contributed by atoms with Crippen LogP contribution in [-0.4, -0.2) is 25.3 Å². The molecule has 0 aliphatic heterocycles. The van der Waals surface area contributed by atoms with Crippen molar-refractivity contribution >= 4 is 34.3 Å². The third-order valence-electron chi connectivity index (χ3n) is 2.49. The fourth-order valence-corrected chi connectivity index (χ4v) is 1.95. The monoisotopic (exact) mass is 376 g/mol. The van der Waals surface area contributed by atoms with Gasteiger partial charge < -0.3 is 15.4 Å². The molecule has 19 heavy (non-hydrogen) atoms. The highest BCUT2D eigenvalue weighted by molar-refractivity contribution is 14.1. The van der Waals surface area contributed by atoms with E-state index in [1.165, 1.54) is 5.56 Å². The number of carbonyl (C=O) groups excluding carboxylic acids is 1. The van der Waals surface area contributed by atoms with Gasteiger partial charge in [0.1, 0.15) is 0 Å². The third kappa shape index (κ3) is 6.77. The molecule has 106 valence electrons. The van der Waals surface area contributed by atoms with E-state index >= 15 is 0 Å². The maximum absolute atomic E-state index is 11.6. The van der Waals surface area contributed by atoms with E-state index in [9.17, 15) is 4.79 Å². The lowest BCUT2D eigenvalue weighted by Gasteiger charge is -2.10. The molecule has 0 saturated carbocycles. The molecule has 0 atom stereocenters. The lowest BCUT2D eigenvalue weighted by atomic mass is 10.2. The van der Waals surface area contributed by atoms with E-state index in [1.807, 2.05) is 39.0 Å². The molecule has 1 rings (SSSR count). The van der Waals surface area contributed by atoms with Gasteiger partial charge in [-0.15, -0.1) is 0 Å². The van der Waals surface area contributed by atoms with Crippen molar-refractivity contribution in [3.05, 3.63) is 27.3 Å². The lowest BCUT2D eigenvalue weighted by molar-refractivity contribution is 0.0775. The SMILES string of the molecule is Cc1ccc(NC(=O)NCCCOC(C)C)cc1I. The van der Waals surface area contributed by atoms with Crippen LogP contribution in [0.4, 0.5) is 10.5 Å². The van der Waals surface area contributed by atoms with E-state index in [2.05, 4.69) is 33.2 Å². The number of nitrogens with one attached hydrogen (secondary N) is 2. The van der Waals surface area contributed by atoms with Crippen LogP contribution >= 0.6 is 22.6 Å². The molecule has 1 aromatic carbocycles. The number of benzene rings is 1. The second-order valence-electron chi connectivity index (χ2n) is 4.62. The van der Waals surface area contributed by atoms with E-state index in [1.54, 1.807) is 0 Å². The van der Waals surface area contributed by atoms with E-state index < -0.39 is 0 Å². The predicted molar refractivity (Wildman–Crippen MR) is 86.6 cm³/mol. The van der Waals surface area contributed by atoms with Gasteiger partial charge in [-0.1, -0.05) is 6.07 Å². The highest BCUT2D eigenvalue weighted by atomic mass is 127. The summed E-state index contributed by atoms with van der Waals surface area (Å²) in [6, 6.07) is 5.67. The van der Waals surface area contributed by atoms with Crippen LogP contribution in [0.3, 0.4) is 0 Å². The fraction of sp³-hybridized carbons (Fsp3) is 0.500. The number of hydrogen-bond donors (Lipinski definition) is 2. The van der Waals surface area contributed by atoms with Gasteiger partial charge in [-0.3, -0.25) is 0 Å². The second kappa shape index (κ2) is 8.37. The number of amides is 2. The van der Waals surface area contributed by atoms with Crippen LogP contribution < -0.4 is 10.6 Å². The Labute approximate surface area is 128 Å². The summed E-state index contributed by atoms with van der Waals surface area (Å²) in [5, 5.41) is 5.62. The summed E-state index contributed by atoms with van der Waals surface area (Å²) in [4.78, 5) is 11.6. The van der Waals surface area contributed by atoms with Gasteiger partial charge in [-0.2, -0.15) is 0 Å². The Morgan fingerprint density at radius 1 is 1.42 bits per heavy atom. The number of ether oxygens (including phenoxy) is 1. The quantitative estimate of drug-likeness (QED) is 0.590. The molecule has 0 aromatic heterocycles. The lowest BCUT2D eigenvalue weighted by Crippen LogP contribution is -2.30. The van der Waals surface area contributed by atoms with Gasteiger partial charge in [-0.05, 0) is 67.5 Å². The first-order valence-electron chi connectivity index (χ1n) is 6.41. The minimum atomic E-state index is -0.177. The summed E-state index contributed by atoms with van der Waals surface area (Å²) in [6.45, 7) is 7.32. The molecule has 0 spiro atoms. The van der Waals surface area contributed by atoms with Gasteiger partial charge in [0.15, 0.2) is 0 Å². The zero-order valence-electron chi connectivity index (χ0n) is 11.6. The average Bonchev–Trinajstić information content (AvgIpc) is 2.33. The number of urea groups is 1. The van der Waals surface area contributed by atoms with Crippen LogP contribution in [0, 0.1) is 10.5 Å². The largest absolute Gasteiger partial charge is 0.379 e. The minimum absolute atomic E-state index is 0.177. The molecular weight excluding hydrogens is 355 g/mol. The molecule has 0 unspecified atom stereocenters. The van der Waals surface area contributed by atoms with Crippen molar-refractivity contribution in [2.45, 2.75) is 33.3 Å². The third-order valence-corrected chi connectivity index (χ3v) is 3.65. The van der Waals surface area contributed by atoms with Crippen LogP contribution in [0.25, 0.3) is 0 Å². The Morgan fingerprint density at radius 2 is 2.16 bits per heavy atom. The minimum Gasteiger partial charge on any atom is -0.379 e. The summed E-state index contributed by atoms with van der Waals surface area (Å²) in [5.41, 5.74) is 2.02. The van der Waals surface area contributed by atoms with Crippen LogP contribution in [0.15, 0.2) is 18.2 Å². The number of aryl methyl sites for hydroxylation is 1. The zero-order chi connectivity index (χ0) is 14.3. The standard InChI is InChI=1S/C14H21IN2O2/c1-10(2)19-8-4-7-16-14(18)17-12-6-5-11(3)13(15)9-12/h5-6,9-10H,4,7-8H2,1-3H3,(H2,16,17,18). The number of hydrogen-bond acceptors (Lipinski definition) is 2. The molecule has 0 saturated heterocycles. The van der Waals surface area contributed by atoms with Crippen molar-refractivity contribution in [1.29, 1.82) is 0 Å². The topological polar surface area (TPSA) is 50.4 Å². The molecule has 0 heterocycles. The van der Waals surface area contributed by atoms with Crippen LogP contribution in [-0.2, 0) is 4.74 Å². The van der Waals surface area contributed by atoms with Gasteiger partial charge >= 0.3 is 6.03 Å². The zero-order valence-corrected chi connectivity index (χ0v) is 13.8. The van der Waals surface area contributed by atoms with Crippen molar-refractivity contribution in [3.63, 3.8) is 0 Å². The number of anilines is 1. The van der Waals surface area contributed by atoms with Crippen molar-refractivity contribution < 1.29 is 9.53 Å². The summed E-state index contributed by atoms with van der Waals surface area (Å²) in [7, 11) is 0. The Bertz CT molecular complexity index is 422. The molecule has 0 radical (unpaired) electrons. The van der Waals surface area contributed by atoms with Crippen molar-refractivity contribution in [3.8, 4) is 0 Å². The molecule has 1 aromatic rings. The molecule has 2 amide bonds. The first-order chi connectivity index (χ1) is 8.99. The fourth-order valence-electron chi connectivity index (χ4n) is 1.44. The highest BCUT2D eigenvalue weighted by Gasteiger charge is 2.02. The van der Waals surface area contributed by atoms with Gasteiger partial charge in [0.05, 0.1) is 6.10 Å². The Morgan fingerprint density at radius 3 is 2.79 bits per heavy atom. The van der Waals surface area contributed by atoms with E-state index in [0.29, 0.717) is 13.2 Å². The normalized spacial score (nSPS) is 10.6. The van der Waals surface area contributed by atoms with Gasteiger partial charge in [-0.25, -0.2) is 4.79 Å². The van der Waals surface area contributed by atoms with Crippen LogP contribution in [0.2, 0.25) is 0 Å². The Balaban J connectivity index is 2.25. The molecular formula is C14H21IN2O2. The number of carbonyl (C=O) groups is 1. The van der Waals surface area contributed by atoms with Gasteiger partial charge in [0.2, 0.25) is 0 Å². The first kappa shape index (κ1) is 16.2. The molecule has 0 fully saturated rings. The Kier molecular flexibility index (Phi) is 7.15. The van der Waals surface area contributed by atoms with Crippen molar-refractivity contribution in [1.82, 2.24) is 5.32 Å². The molecule has 0 aliphatic carbocycles. The summed E-state index contributed by atoms with van der Waals surface area (Å²) >= 11 is 2.25. The number of rotatable bonds is 6. The van der Waals surface area contributed by atoms with Gasteiger partial charge in [0, 0.05) is 22.4 Å². The number of halogens is 1. The van der Waals surface area contributed by atoms with E-state index in [-0.39, 0.29) is 12.1 Å². The summed E-state index contributed by atoms with van der Waals surface area (Å²) in [5.74, 6) is 0. The smallest absolute Gasteiger partial charge is 0.319 e. The molecule has 0 aliphatic rings. The van der Waals surface area contributed by atoms with Gasteiger partial charge in [0.25, 0.3) is 0 Å². The van der Waals surface area contributed by atoms with Crippen molar-refractivity contribution in [2.75, 3.05) is 18.5 Å². The summed E-state index contributed by atoms with van der Waals surface area (Å²) < 4.78 is 6.54. The molecule has 0 bridgehead atoms. The second-order valence-corrected chi connectivity index (χ2v) is 5.78. The van der Waals surface area contributed by atoms with E-state index in [4.69, 9.17) is 4.74 Å². The predicted octanol–water partition coefficient (Wildman–Crippen LogP) is 3.54.